The lowest BCUT2D eigenvalue weighted by Crippen LogP contribution is -2.43. The van der Waals surface area contributed by atoms with Gasteiger partial charge in [-0.1, -0.05) is 0 Å². The Bertz CT molecular complexity index is 613. The zero-order valence-corrected chi connectivity index (χ0v) is 13.5. The summed E-state index contributed by atoms with van der Waals surface area (Å²) in [5, 5.41) is 7.06. The van der Waals surface area contributed by atoms with Gasteiger partial charge in [0.25, 0.3) is 0 Å². The molecule has 0 radical (unpaired) electrons. The van der Waals surface area contributed by atoms with E-state index in [1.807, 2.05) is 30.1 Å². The van der Waals surface area contributed by atoms with E-state index in [9.17, 15) is 4.79 Å². The summed E-state index contributed by atoms with van der Waals surface area (Å²) in [6.45, 7) is 2.83. The van der Waals surface area contributed by atoms with Crippen molar-refractivity contribution in [1.29, 1.82) is 0 Å². The molecule has 2 aromatic rings. The van der Waals surface area contributed by atoms with Crippen molar-refractivity contribution < 1.29 is 4.79 Å². The molecular formula is C17H23N5O. The molecule has 1 atom stereocenters. The fourth-order valence-electron chi connectivity index (χ4n) is 3.14. The quantitative estimate of drug-likeness (QED) is 0.911. The minimum atomic E-state index is 0.200. The van der Waals surface area contributed by atoms with Gasteiger partial charge in [0.2, 0.25) is 5.91 Å². The van der Waals surface area contributed by atoms with Gasteiger partial charge in [0.1, 0.15) is 0 Å². The lowest BCUT2D eigenvalue weighted by Gasteiger charge is -2.33. The van der Waals surface area contributed by atoms with Crippen LogP contribution >= 0.6 is 0 Å². The normalized spacial score (nSPS) is 18.3. The van der Waals surface area contributed by atoms with Crippen molar-refractivity contribution >= 4 is 5.91 Å². The van der Waals surface area contributed by atoms with Crippen LogP contribution in [0.4, 0.5) is 0 Å². The van der Waals surface area contributed by atoms with E-state index in [1.54, 1.807) is 18.6 Å². The number of aromatic nitrogens is 3. The van der Waals surface area contributed by atoms with Gasteiger partial charge in [-0.15, -0.1) is 0 Å². The first-order valence-corrected chi connectivity index (χ1v) is 8.07. The Morgan fingerprint density at radius 1 is 1.35 bits per heavy atom. The van der Waals surface area contributed by atoms with Crippen molar-refractivity contribution in [3.63, 3.8) is 0 Å². The number of nitrogens with one attached hydrogen (secondary N) is 1. The second-order valence-corrected chi connectivity index (χ2v) is 6.22. The van der Waals surface area contributed by atoms with Crippen LogP contribution in [0.5, 0.6) is 0 Å². The Balaban J connectivity index is 1.53. The highest BCUT2D eigenvalue weighted by Gasteiger charge is 2.25. The molecule has 1 fully saturated rings. The summed E-state index contributed by atoms with van der Waals surface area (Å²) in [7, 11) is 1.98. The molecule has 0 saturated carbocycles. The number of piperidine rings is 1. The molecule has 3 rings (SSSR count). The summed E-state index contributed by atoms with van der Waals surface area (Å²) in [6, 6.07) is 5.97. The van der Waals surface area contributed by atoms with E-state index >= 15 is 0 Å². The Morgan fingerprint density at radius 2 is 2.17 bits per heavy atom. The molecule has 6 nitrogen and oxygen atoms in total. The van der Waals surface area contributed by atoms with Crippen LogP contribution in [0.25, 0.3) is 0 Å². The molecule has 0 bridgehead atoms. The van der Waals surface area contributed by atoms with Crippen LogP contribution in [0.2, 0.25) is 0 Å². The average Bonchev–Trinajstić information content (AvgIpc) is 3.10. The first-order chi connectivity index (χ1) is 11.2. The van der Waals surface area contributed by atoms with E-state index < -0.39 is 0 Å². The summed E-state index contributed by atoms with van der Waals surface area (Å²) in [5.74, 6) is 0.575. The number of nitrogens with zero attached hydrogens (tertiary/aromatic N) is 4. The number of likely N-dealkylation sites (tertiary alicyclic amines) is 1. The van der Waals surface area contributed by atoms with Gasteiger partial charge in [0, 0.05) is 49.8 Å². The van der Waals surface area contributed by atoms with Gasteiger partial charge in [-0.05, 0) is 43.7 Å². The molecule has 1 saturated heterocycles. The molecule has 0 spiro atoms. The first-order valence-electron chi connectivity index (χ1n) is 8.07. The number of H-pyrrole nitrogens is 1. The lowest BCUT2D eigenvalue weighted by molar-refractivity contribution is -0.133. The maximum atomic E-state index is 12.6. The van der Waals surface area contributed by atoms with Crippen LogP contribution in [0.3, 0.4) is 0 Å². The third kappa shape index (κ3) is 4.16. The van der Waals surface area contributed by atoms with Crippen molar-refractivity contribution in [3.8, 4) is 0 Å². The molecule has 23 heavy (non-hydrogen) atoms. The summed E-state index contributed by atoms with van der Waals surface area (Å²) < 4.78 is 0. The minimum Gasteiger partial charge on any atom is -0.341 e. The van der Waals surface area contributed by atoms with Crippen LogP contribution in [0, 0.1) is 0 Å². The van der Waals surface area contributed by atoms with E-state index in [2.05, 4.69) is 20.1 Å². The van der Waals surface area contributed by atoms with Gasteiger partial charge in [0.15, 0.2) is 0 Å². The van der Waals surface area contributed by atoms with Crippen LogP contribution in [0.15, 0.2) is 36.8 Å². The molecule has 122 valence electrons. The zero-order chi connectivity index (χ0) is 16.1. The predicted molar refractivity (Wildman–Crippen MR) is 87.7 cm³/mol. The predicted octanol–water partition coefficient (Wildman–Crippen LogP) is 1.64. The maximum absolute atomic E-state index is 12.6. The summed E-state index contributed by atoms with van der Waals surface area (Å²) in [5.41, 5.74) is 2.30. The molecule has 0 aromatic carbocycles. The standard InChI is InChI=1S/C17H23N5O/c1-21(11-14-4-7-18-8-5-14)13-17(23)22-10-2-3-15(12-22)16-6-9-19-20-16/h4-9,15H,2-3,10-13H2,1H3,(H,19,20). The third-order valence-corrected chi connectivity index (χ3v) is 4.34. The van der Waals surface area contributed by atoms with E-state index in [0.29, 0.717) is 12.5 Å². The zero-order valence-electron chi connectivity index (χ0n) is 13.5. The number of hydrogen-bond donors (Lipinski definition) is 1. The van der Waals surface area contributed by atoms with Gasteiger partial charge in [-0.25, -0.2) is 0 Å². The largest absolute Gasteiger partial charge is 0.341 e. The van der Waals surface area contributed by atoms with Crippen LogP contribution in [0.1, 0.15) is 30.0 Å². The number of hydrogen-bond acceptors (Lipinski definition) is 4. The molecule has 2 aromatic heterocycles. The number of pyridine rings is 1. The maximum Gasteiger partial charge on any atom is 0.236 e. The fraction of sp³-hybridized carbons (Fsp3) is 0.471. The van der Waals surface area contributed by atoms with Crippen molar-refractivity contribution in [1.82, 2.24) is 25.0 Å². The van der Waals surface area contributed by atoms with Gasteiger partial charge in [-0.2, -0.15) is 5.10 Å². The highest BCUT2D eigenvalue weighted by molar-refractivity contribution is 5.78. The second-order valence-electron chi connectivity index (χ2n) is 6.22. The van der Waals surface area contributed by atoms with Crippen molar-refractivity contribution in [2.24, 2.45) is 0 Å². The topological polar surface area (TPSA) is 65.1 Å². The third-order valence-electron chi connectivity index (χ3n) is 4.34. The van der Waals surface area contributed by atoms with Crippen molar-refractivity contribution in [3.05, 3.63) is 48.0 Å². The van der Waals surface area contributed by atoms with Gasteiger partial charge in [-0.3, -0.25) is 19.8 Å². The molecule has 1 unspecified atom stereocenters. The van der Waals surface area contributed by atoms with Gasteiger partial charge >= 0.3 is 0 Å². The molecule has 1 amide bonds. The number of aromatic amines is 1. The van der Waals surface area contributed by atoms with Crippen LogP contribution < -0.4 is 0 Å². The lowest BCUT2D eigenvalue weighted by atomic mass is 9.95. The van der Waals surface area contributed by atoms with E-state index in [4.69, 9.17) is 0 Å². The van der Waals surface area contributed by atoms with E-state index in [1.165, 1.54) is 5.56 Å². The Hall–Kier alpha value is -2.21. The first kappa shape index (κ1) is 15.7. The summed E-state index contributed by atoms with van der Waals surface area (Å²) >= 11 is 0. The number of carbonyl (C=O) groups excluding carboxylic acids is 1. The molecule has 1 aliphatic heterocycles. The molecule has 3 heterocycles. The summed E-state index contributed by atoms with van der Waals surface area (Å²) in [4.78, 5) is 20.6. The van der Waals surface area contributed by atoms with E-state index in [-0.39, 0.29) is 5.91 Å². The van der Waals surface area contributed by atoms with Crippen LogP contribution in [-0.2, 0) is 11.3 Å². The van der Waals surface area contributed by atoms with Gasteiger partial charge < -0.3 is 4.90 Å². The molecular weight excluding hydrogens is 290 g/mol. The number of likely N-dealkylation sites (N-methyl/N-ethyl adjacent to an activating group) is 1. The van der Waals surface area contributed by atoms with Crippen molar-refractivity contribution in [2.75, 3.05) is 26.7 Å². The van der Waals surface area contributed by atoms with Crippen molar-refractivity contribution in [2.45, 2.75) is 25.3 Å². The van der Waals surface area contributed by atoms with Crippen LogP contribution in [-0.4, -0.2) is 57.6 Å². The number of carbonyl (C=O) groups is 1. The SMILES string of the molecule is CN(CC(=O)N1CCCC(c2ccn[nH]2)C1)Cc1ccncc1. The number of amides is 1. The monoisotopic (exact) mass is 313 g/mol. The average molecular weight is 313 g/mol. The van der Waals surface area contributed by atoms with Gasteiger partial charge in [0.05, 0.1) is 6.54 Å². The summed E-state index contributed by atoms with van der Waals surface area (Å²) in [6.07, 6.45) is 7.50. The minimum absolute atomic E-state index is 0.200. The Morgan fingerprint density at radius 3 is 2.91 bits per heavy atom. The Labute approximate surface area is 136 Å². The molecule has 6 heteroatoms. The molecule has 1 aliphatic rings. The fourth-order valence-corrected chi connectivity index (χ4v) is 3.14. The van der Waals surface area contributed by atoms with E-state index in [0.717, 1.165) is 38.2 Å². The number of rotatable bonds is 5. The highest BCUT2D eigenvalue weighted by atomic mass is 16.2. The highest BCUT2D eigenvalue weighted by Crippen LogP contribution is 2.25. The Kier molecular flexibility index (Phi) is 5.02. The second kappa shape index (κ2) is 7.37. The molecule has 1 N–H and O–H groups in total. The smallest absolute Gasteiger partial charge is 0.236 e. The molecule has 0 aliphatic carbocycles.